The fourth-order valence-electron chi connectivity index (χ4n) is 8.11. The van der Waals surface area contributed by atoms with Gasteiger partial charge in [-0.3, -0.25) is 0 Å². The summed E-state index contributed by atoms with van der Waals surface area (Å²) < 4.78 is 6.13. The van der Waals surface area contributed by atoms with Crippen LogP contribution in [0.2, 0.25) is 0 Å². The number of benzene rings is 8. The van der Waals surface area contributed by atoms with Crippen molar-refractivity contribution in [3.05, 3.63) is 182 Å². The molecule has 59 heavy (non-hydrogen) atoms. The molecule has 4 heterocycles. The maximum absolute atomic E-state index is 5.21. The first kappa shape index (κ1) is 34.2. The van der Waals surface area contributed by atoms with Crippen LogP contribution >= 0.6 is 34.0 Å². The molecule has 0 aliphatic heterocycles. The lowest BCUT2D eigenvalue weighted by molar-refractivity contribution is 1.08. The van der Waals surface area contributed by atoms with Crippen molar-refractivity contribution >= 4 is 84.6 Å². The van der Waals surface area contributed by atoms with Crippen LogP contribution in [0.5, 0.6) is 0 Å². The van der Waals surface area contributed by atoms with Crippen molar-refractivity contribution < 1.29 is 0 Å². The zero-order chi connectivity index (χ0) is 38.9. The quantitative estimate of drug-likeness (QED) is 0.168. The predicted octanol–water partition coefficient (Wildman–Crippen LogP) is 15.2. The van der Waals surface area contributed by atoms with Crippen LogP contribution in [0.25, 0.3) is 118 Å². The minimum Gasteiger partial charge on any atom is -0.236 e. The molecule has 0 saturated heterocycles. The van der Waals surface area contributed by atoms with Crippen LogP contribution in [0.3, 0.4) is 0 Å². The van der Waals surface area contributed by atoms with E-state index in [2.05, 4.69) is 164 Å². The average molecular weight is 807 g/mol. The summed E-state index contributed by atoms with van der Waals surface area (Å²) in [6.07, 6.45) is 0. The summed E-state index contributed by atoms with van der Waals surface area (Å²) >= 11 is 5.38. The molecule has 276 valence electrons. The van der Waals surface area contributed by atoms with Gasteiger partial charge in [0.15, 0.2) is 17.5 Å². The molecule has 0 atom stereocenters. The van der Waals surface area contributed by atoms with E-state index in [0.717, 1.165) is 38.3 Å². The van der Waals surface area contributed by atoms with Crippen molar-refractivity contribution in [2.24, 2.45) is 0 Å². The highest BCUT2D eigenvalue weighted by Crippen LogP contribution is 2.44. The highest BCUT2D eigenvalue weighted by Gasteiger charge is 2.18. The van der Waals surface area contributed by atoms with E-state index in [-0.39, 0.29) is 0 Å². The Morgan fingerprint density at radius 1 is 0.288 bits per heavy atom. The van der Waals surface area contributed by atoms with Gasteiger partial charge in [0.1, 0.15) is 5.01 Å². The summed E-state index contributed by atoms with van der Waals surface area (Å²) in [6, 6.07) is 64.4. The van der Waals surface area contributed by atoms with Crippen molar-refractivity contribution in [3.63, 3.8) is 0 Å². The summed E-state index contributed by atoms with van der Waals surface area (Å²) in [7, 11) is 0. The lowest BCUT2D eigenvalue weighted by Gasteiger charge is -2.10. The van der Waals surface area contributed by atoms with Gasteiger partial charge in [-0.15, -0.1) is 34.0 Å². The third-order valence-corrected chi connectivity index (χ3v) is 14.5. The Bertz CT molecular complexity index is 3570. The molecule has 0 aliphatic carbocycles. The van der Waals surface area contributed by atoms with Crippen molar-refractivity contribution in [1.29, 1.82) is 0 Å². The monoisotopic (exact) mass is 806 g/mol. The fourth-order valence-corrected chi connectivity index (χ4v) is 11.5. The van der Waals surface area contributed by atoms with E-state index < -0.39 is 0 Å². The standard InChI is InChI=1S/C52H30N4S3/c1-3-12-31(13-4-1)33-24-26-43-46(30-33)59-52(53-43)36-25-27-45-42(29-36)40-21-10-19-37(47(40)58-45)34-16-9-17-35(28-34)50-54-49(32-14-5-2-6-15-32)55-51(56-50)41-22-11-20-39-38-18-7-8-23-44(38)57-48(39)41/h1-30H. The molecule has 12 rings (SSSR count). The largest absolute Gasteiger partial charge is 0.236 e. The van der Waals surface area contributed by atoms with Crippen LogP contribution < -0.4 is 0 Å². The Kier molecular flexibility index (Phi) is 8.04. The van der Waals surface area contributed by atoms with E-state index in [4.69, 9.17) is 19.9 Å². The summed E-state index contributed by atoms with van der Waals surface area (Å²) in [5.41, 5.74) is 9.81. The molecule has 0 amide bonds. The number of thiazole rings is 1. The Morgan fingerprint density at radius 2 is 0.881 bits per heavy atom. The van der Waals surface area contributed by atoms with Crippen LogP contribution in [-0.2, 0) is 0 Å². The molecule has 7 heteroatoms. The van der Waals surface area contributed by atoms with Crippen molar-refractivity contribution in [1.82, 2.24) is 19.9 Å². The number of hydrogen-bond donors (Lipinski definition) is 0. The van der Waals surface area contributed by atoms with Crippen molar-refractivity contribution in [2.75, 3.05) is 0 Å². The molecule has 8 aromatic carbocycles. The Labute approximate surface area is 351 Å². The summed E-state index contributed by atoms with van der Waals surface area (Å²) in [5.74, 6) is 1.97. The third kappa shape index (κ3) is 5.93. The molecule has 0 saturated carbocycles. The van der Waals surface area contributed by atoms with Gasteiger partial charge in [-0.05, 0) is 64.7 Å². The topological polar surface area (TPSA) is 51.6 Å². The first-order chi connectivity index (χ1) is 29.2. The molecule has 0 radical (unpaired) electrons. The highest BCUT2D eigenvalue weighted by atomic mass is 32.1. The second-order valence-electron chi connectivity index (χ2n) is 14.6. The maximum Gasteiger partial charge on any atom is 0.165 e. The number of fused-ring (bicyclic) bond motifs is 7. The van der Waals surface area contributed by atoms with Gasteiger partial charge in [-0.25, -0.2) is 19.9 Å². The molecule has 0 spiro atoms. The number of thiophene rings is 2. The van der Waals surface area contributed by atoms with Gasteiger partial charge in [-0.2, -0.15) is 0 Å². The molecular weight excluding hydrogens is 777 g/mol. The summed E-state index contributed by atoms with van der Waals surface area (Å²) in [5, 5.41) is 5.99. The molecule has 0 N–H and O–H groups in total. The molecule has 0 aliphatic rings. The molecule has 12 aromatic rings. The highest BCUT2D eigenvalue weighted by molar-refractivity contribution is 7.26. The number of nitrogens with zero attached hydrogens (tertiary/aromatic N) is 4. The minimum absolute atomic E-state index is 0.647. The van der Waals surface area contributed by atoms with Gasteiger partial charge in [-0.1, -0.05) is 140 Å². The second kappa shape index (κ2) is 13.9. The second-order valence-corrected chi connectivity index (χ2v) is 17.7. The van der Waals surface area contributed by atoms with Gasteiger partial charge in [0.25, 0.3) is 0 Å². The van der Waals surface area contributed by atoms with Crippen molar-refractivity contribution in [2.45, 2.75) is 0 Å². The summed E-state index contributed by atoms with van der Waals surface area (Å²) in [6.45, 7) is 0. The smallest absolute Gasteiger partial charge is 0.165 e. The number of aromatic nitrogens is 4. The van der Waals surface area contributed by atoms with E-state index in [9.17, 15) is 0 Å². The normalized spacial score (nSPS) is 11.7. The van der Waals surface area contributed by atoms with E-state index in [1.807, 2.05) is 29.5 Å². The number of rotatable bonds is 6. The zero-order valence-corrected chi connectivity index (χ0v) is 33.8. The van der Waals surface area contributed by atoms with Gasteiger partial charge in [0.2, 0.25) is 0 Å². The number of hydrogen-bond acceptors (Lipinski definition) is 7. The minimum atomic E-state index is 0.647. The summed E-state index contributed by atoms with van der Waals surface area (Å²) in [4.78, 5) is 20.5. The van der Waals surface area contributed by atoms with Gasteiger partial charge in [0.05, 0.1) is 10.2 Å². The van der Waals surface area contributed by atoms with E-state index in [1.165, 1.54) is 61.7 Å². The zero-order valence-electron chi connectivity index (χ0n) is 31.3. The molecular formula is C52H30N4S3. The van der Waals surface area contributed by atoms with Gasteiger partial charge in [0, 0.05) is 62.6 Å². The maximum atomic E-state index is 5.21. The van der Waals surface area contributed by atoms with Crippen LogP contribution in [0.4, 0.5) is 0 Å². The predicted molar refractivity (Wildman–Crippen MR) is 251 cm³/mol. The van der Waals surface area contributed by atoms with Crippen LogP contribution in [0.1, 0.15) is 0 Å². The third-order valence-electron chi connectivity index (χ3n) is 11.0. The Balaban J connectivity index is 0.951. The molecule has 0 unspecified atom stereocenters. The molecule has 4 aromatic heterocycles. The van der Waals surface area contributed by atoms with Crippen LogP contribution in [-0.4, -0.2) is 19.9 Å². The molecule has 0 bridgehead atoms. The van der Waals surface area contributed by atoms with Gasteiger partial charge < -0.3 is 0 Å². The lowest BCUT2D eigenvalue weighted by atomic mass is 10.00. The average Bonchev–Trinajstić information content (AvgIpc) is 4.02. The van der Waals surface area contributed by atoms with Crippen LogP contribution in [0, 0.1) is 0 Å². The first-order valence-electron chi connectivity index (χ1n) is 19.4. The Hall–Kier alpha value is -6.90. The SMILES string of the molecule is c1ccc(-c2ccc3nc(-c4ccc5sc6c(-c7cccc(-c8nc(-c9ccccc9)nc(-c9cccc%10c9sc9ccccc9%10)n8)c7)cccc6c5c4)sc3c2)cc1. The molecule has 0 fully saturated rings. The van der Waals surface area contributed by atoms with Crippen LogP contribution in [0.15, 0.2) is 182 Å². The first-order valence-corrected chi connectivity index (χ1v) is 21.9. The van der Waals surface area contributed by atoms with E-state index in [0.29, 0.717) is 17.5 Å². The van der Waals surface area contributed by atoms with E-state index in [1.54, 1.807) is 22.7 Å². The van der Waals surface area contributed by atoms with E-state index >= 15 is 0 Å². The fraction of sp³-hybridized carbons (Fsp3) is 0. The Morgan fingerprint density at radius 3 is 1.71 bits per heavy atom. The molecule has 4 nitrogen and oxygen atoms in total. The van der Waals surface area contributed by atoms with Gasteiger partial charge >= 0.3 is 0 Å². The lowest BCUT2D eigenvalue weighted by Crippen LogP contribution is -2.00. The van der Waals surface area contributed by atoms with Crippen molar-refractivity contribution in [3.8, 4) is 67.0 Å².